The van der Waals surface area contributed by atoms with Gasteiger partial charge in [0, 0.05) is 18.7 Å². The van der Waals surface area contributed by atoms with Crippen molar-refractivity contribution in [3.63, 3.8) is 0 Å². The molecule has 1 saturated carbocycles. The Morgan fingerprint density at radius 3 is 2.63 bits per heavy atom. The van der Waals surface area contributed by atoms with Crippen LogP contribution in [-0.4, -0.2) is 12.5 Å². The summed E-state index contributed by atoms with van der Waals surface area (Å²) in [6.07, 6.45) is 5.35. The van der Waals surface area contributed by atoms with Crippen LogP contribution in [0, 0.1) is 12.3 Å². The second kappa shape index (κ2) is 5.74. The Kier molecular flexibility index (Phi) is 4.25. The van der Waals surface area contributed by atoms with E-state index in [1.807, 2.05) is 25.1 Å². The van der Waals surface area contributed by atoms with Gasteiger partial charge in [-0.3, -0.25) is 4.79 Å². The molecule has 0 bridgehead atoms. The van der Waals surface area contributed by atoms with Crippen LogP contribution >= 0.6 is 0 Å². The Morgan fingerprint density at radius 1 is 1.42 bits per heavy atom. The molecule has 0 aliphatic heterocycles. The number of aryl methyl sites for hydroxylation is 1. The average molecular weight is 260 g/mol. The number of nitrogens with one attached hydrogen (secondary N) is 1. The van der Waals surface area contributed by atoms with Crippen molar-refractivity contribution < 1.29 is 4.79 Å². The monoisotopic (exact) mass is 260 g/mol. The summed E-state index contributed by atoms with van der Waals surface area (Å²) in [7, 11) is 0. The van der Waals surface area contributed by atoms with E-state index in [4.69, 9.17) is 5.73 Å². The lowest BCUT2D eigenvalue weighted by atomic mass is 9.67. The van der Waals surface area contributed by atoms with E-state index in [1.165, 1.54) is 31.2 Å². The largest absolute Gasteiger partial charge is 0.366 e. The standard InChI is InChI=1S/C16H24N2O/c1-3-16(7-4-8-16)11-18-10-14-6-5-13(15(17)19)9-12(14)2/h5-6,9,18H,3-4,7-8,10-11H2,1-2H3,(H2,17,19). The van der Waals surface area contributed by atoms with E-state index >= 15 is 0 Å². The fourth-order valence-corrected chi connectivity index (χ4v) is 2.84. The van der Waals surface area contributed by atoms with Gasteiger partial charge in [0.1, 0.15) is 0 Å². The summed E-state index contributed by atoms with van der Waals surface area (Å²) in [6.45, 7) is 6.28. The van der Waals surface area contributed by atoms with E-state index in [0.29, 0.717) is 11.0 Å². The molecule has 0 spiro atoms. The molecule has 0 radical (unpaired) electrons. The minimum absolute atomic E-state index is 0.359. The molecule has 19 heavy (non-hydrogen) atoms. The van der Waals surface area contributed by atoms with Crippen molar-refractivity contribution in [2.45, 2.75) is 46.1 Å². The van der Waals surface area contributed by atoms with Crippen LogP contribution in [0.5, 0.6) is 0 Å². The van der Waals surface area contributed by atoms with E-state index < -0.39 is 0 Å². The van der Waals surface area contributed by atoms with Gasteiger partial charge in [-0.25, -0.2) is 0 Å². The average Bonchev–Trinajstić information content (AvgIpc) is 2.34. The summed E-state index contributed by atoms with van der Waals surface area (Å²) >= 11 is 0. The molecule has 2 rings (SSSR count). The highest BCUT2D eigenvalue weighted by Crippen LogP contribution is 2.43. The van der Waals surface area contributed by atoms with E-state index in [2.05, 4.69) is 12.2 Å². The first-order chi connectivity index (χ1) is 9.06. The van der Waals surface area contributed by atoms with Crippen LogP contribution in [0.15, 0.2) is 18.2 Å². The summed E-state index contributed by atoms with van der Waals surface area (Å²) < 4.78 is 0. The highest BCUT2D eigenvalue weighted by Gasteiger charge is 2.34. The smallest absolute Gasteiger partial charge is 0.248 e. The predicted molar refractivity (Wildman–Crippen MR) is 78.0 cm³/mol. The van der Waals surface area contributed by atoms with Gasteiger partial charge < -0.3 is 11.1 Å². The molecule has 1 aliphatic rings. The van der Waals surface area contributed by atoms with Gasteiger partial charge in [0.15, 0.2) is 0 Å². The molecule has 0 saturated heterocycles. The number of carbonyl (C=O) groups excluding carboxylic acids is 1. The van der Waals surface area contributed by atoms with E-state index in [0.717, 1.165) is 18.7 Å². The van der Waals surface area contributed by atoms with Gasteiger partial charge in [-0.05, 0) is 54.9 Å². The summed E-state index contributed by atoms with van der Waals surface area (Å²) in [5, 5.41) is 3.57. The number of carbonyl (C=O) groups is 1. The molecule has 3 N–H and O–H groups in total. The van der Waals surface area contributed by atoms with Gasteiger partial charge in [0.05, 0.1) is 0 Å². The van der Waals surface area contributed by atoms with Crippen LogP contribution in [-0.2, 0) is 6.54 Å². The van der Waals surface area contributed by atoms with Crippen LogP contribution in [0.1, 0.15) is 54.1 Å². The molecule has 104 valence electrons. The van der Waals surface area contributed by atoms with E-state index in [-0.39, 0.29) is 5.91 Å². The van der Waals surface area contributed by atoms with Crippen molar-refractivity contribution in [2.24, 2.45) is 11.1 Å². The molecule has 3 heteroatoms. The highest BCUT2D eigenvalue weighted by molar-refractivity contribution is 5.93. The van der Waals surface area contributed by atoms with Crippen LogP contribution in [0.25, 0.3) is 0 Å². The van der Waals surface area contributed by atoms with Gasteiger partial charge in [0.2, 0.25) is 5.91 Å². The first kappa shape index (κ1) is 14.1. The maximum absolute atomic E-state index is 11.1. The topological polar surface area (TPSA) is 55.1 Å². The molecule has 3 nitrogen and oxygen atoms in total. The molecule has 1 amide bonds. The van der Waals surface area contributed by atoms with Crippen molar-refractivity contribution in [1.82, 2.24) is 5.32 Å². The molecule has 1 aliphatic carbocycles. The molecular weight excluding hydrogens is 236 g/mol. The van der Waals surface area contributed by atoms with Gasteiger partial charge in [0.25, 0.3) is 0 Å². The molecule has 1 aromatic rings. The second-order valence-corrected chi connectivity index (χ2v) is 5.82. The zero-order valence-corrected chi connectivity index (χ0v) is 12.0. The lowest BCUT2D eigenvalue weighted by Gasteiger charge is -2.41. The highest BCUT2D eigenvalue weighted by atomic mass is 16.1. The lowest BCUT2D eigenvalue weighted by Crippen LogP contribution is -2.39. The zero-order valence-electron chi connectivity index (χ0n) is 12.0. The van der Waals surface area contributed by atoms with Crippen molar-refractivity contribution in [2.75, 3.05) is 6.54 Å². The molecule has 0 unspecified atom stereocenters. The Hall–Kier alpha value is -1.35. The van der Waals surface area contributed by atoms with Gasteiger partial charge in [-0.2, -0.15) is 0 Å². The number of rotatable bonds is 6. The second-order valence-electron chi connectivity index (χ2n) is 5.82. The van der Waals surface area contributed by atoms with Gasteiger partial charge >= 0.3 is 0 Å². The molecule has 0 aromatic heterocycles. The molecule has 1 aromatic carbocycles. The van der Waals surface area contributed by atoms with E-state index in [1.54, 1.807) is 0 Å². The van der Waals surface area contributed by atoms with Gasteiger partial charge in [-0.1, -0.05) is 19.4 Å². The zero-order chi connectivity index (χ0) is 13.9. The fraction of sp³-hybridized carbons (Fsp3) is 0.562. The third-order valence-electron chi connectivity index (χ3n) is 4.61. The molecule has 0 heterocycles. The summed E-state index contributed by atoms with van der Waals surface area (Å²) in [5.41, 5.74) is 8.78. The number of hydrogen-bond donors (Lipinski definition) is 2. The summed E-state index contributed by atoms with van der Waals surface area (Å²) in [4.78, 5) is 11.1. The summed E-state index contributed by atoms with van der Waals surface area (Å²) in [6, 6.07) is 5.69. The van der Waals surface area contributed by atoms with Crippen LogP contribution < -0.4 is 11.1 Å². The van der Waals surface area contributed by atoms with Crippen molar-refractivity contribution in [3.05, 3.63) is 34.9 Å². The summed E-state index contributed by atoms with van der Waals surface area (Å²) in [5.74, 6) is -0.359. The third kappa shape index (κ3) is 3.16. The number of primary amides is 1. The number of nitrogens with two attached hydrogens (primary N) is 1. The van der Waals surface area contributed by atoms with Gasteiger partial charge in [-0.15, -0.1) is 0 Å². The maximum Gasteiger partial charge on any atom is 0.248 e. The Bertz CT molecular complexity index is 458. The molecule has 0 atom stereocenters. The predicted octanol–water partition coefficient (Wildman–Crippen LogP) is 2.76. The van der Waals surface area contributed by atoms with Crippen molar-refractivity contribution in [3.8, 4) is 0 Å². The Balaban J connectivity index is 1.91. The quantitative estimate of drug-likeness (QED) is 0.826. The third-order valence-corrected chi connectivity index (χ3v) is 4.61. The number of hydrogen-bond acceptors (Lipinski definition) is 2. The fourth-order valence-electron chi connectivity index (χ4n) is 2.84. The first-order valence-electron chi connectivity index (χ1n) is 7.16. The maximum atomic E-state index is 11.1. The normalized spacial score (nSPS) is 16.9. The lowest BCUT2D eigenvalue weighted by molar-refractivity contribution is 0.1000. The van der Waals surface area contributed by atoms with Crippen molar-refractivity contribution >= 4 is 5.91 Å². The van der Waals surface area contributed by atoms with Crippen molar-refractivity contribution in [1.29, 1.82) is 0 Å². The van der Waals surface area contributed by atoms with E-state index in [9.17, 15) is 4.79 Å². The molecule has 1 fully saturated rings. The van der Waals surface area contributed by atoms with Crippen LogP contribution in [0.3, 0.4) is 0 Å². The first-order valence-corrected chi connectivity index (χ1v) is 7.16. The number of benzene rings is 1. The minimum atomic E-state index is -0.359. The minimum Gasteiger partial charge on any atom is -0.366 e. The SMILES string of the molecule is CCC1(CNCc2ccc(C(N)=O)cc2C)CCC1. The van der Waals surface area contributed by atoms with Crippen LogP contribution in [0.4, 0.5) is 0 Å². The Morgan fingerprint density at radius 2 is 2.16 bits per heavy atom. The Labute approximate surface area is 115 Å². The number of amides is 1. The molecular formula is C16H24N2O. The van der Waals surface area contributed by atoms with Crippen LogP contribution in [0.2, 0.25) is 0 Å².